The second-order valence-electron chi connectivity index (χ2n) is 5.57. The van der Waals surface area contributed by atoms with Gasteiger partial charge in [0.2, 0.25) is 0 Å². The summed E-state index contributed by atoms with van der Waals surface area (Å²) in [5, 5.41) is 3.40. The Labute approximate surface area is 127 Å². The van der Waals surface area contributed by atoms with Gasteiger partial charge in [-0.2, -0.15) is 0 Å². The number of hydrogen-bond acceptors (Lipinski definition) is 3. The van der Waals surface area contributed by atoms with Crippen LogP contribution in [-0.2, 0) is 6.42 Å². The van der Waals surface area contributed by atoms with Crippen molar-refractivity contribution in [1.82, 2.24) is 5.32 Å². The molecule has 0 amide bonds. The predicted octanol–water partition coefficient (Wildman–Crippen LogP) is 3.94. The monoisotopic (exact) mass is 297 g/mol. The standard InChI is InChI=1S/C17H28FNO2/c1-13(2)19-10-8-6-5-7-9-14-11-16(20-3)17(21-4)12-15(14)18/h11-13,19H,5-10H2,1-4H3. The molecule has 0 fully saturated rings. The van der Waals surface area contributed by atoms with Crippen molar-refractivity contribution in [2.45, 2.75) is 52.0 Å². The fourth-order valence-electron chi connectivity index (χ4n) is 2.27. The maximum atomic E-state index is 13.9. The first-order valence-corrected chi connectivity index (χ1v) is 7.72. The quantitative estimate of drug-likeness (QED) is 0.663. The molecule has 0 aliphatic rings. The molecule has 0 saturated heterocycles. The van der Waals surface area contributed by atoms with Crippen LogP contribution < -0.4 is 14.8 Å². The van der Waals surface area contributed by atoms with Gasteiger partial charge in [-0.25, -0.2) is 4.39 Å². The first-order valence-electron chi connectivity index (χ1n) is 7.72. The van der Waals surface area contributed by atoms with E-state index in [4.69, 9.17) is 9.47 Å². The van der Waals surface area contributed by atoms with Crippen LogP contribution in [0.1, 0.15) is 45.1 Å². The van der Waals surface area contributed by atoms with Gasteiger partial charge in [0.05, 0.1) is 14.2 Å². The summed E-state index contributed by atoms with van der Waals surface area (Å²) < 4.78 is 24.2. The Bertz CT molecular complexity index is 421. The molecule has 0 atom stereocenters. The van der Waals surface area contributed by atoms with E-state index < -0.39 is 0 Å². The van der Waals surface area contributed by atoms with Gasteiger partial charge in [0.25, 0.3) is 0 Å². The van der Waals surface area contributed by atoms with Gasteiger partial charge in [-0.15, -0.1) is 0 Å². The topological polar surface area (TPSA) is 30.5 Å². The van der Waals surface area contributed by atoms with Crippen molar-refractivity contribution >= 4 is 0 Å². The molecule has 0 radical (unpaired) electrons. The number of halogens is 1. The maximum Gasteiger partial charge on any atom is 0.163 e. The first-order chi connectivity index (χ1) is 10.1. The molecule has 0 aromatic heterocycles. The highest BCUT2D eigenvalue weighted by Gasteiger charge is 2.10. The maximum absolute atomic E-state index is 13.9. The van der Waals surface area contributed by atoms with Crippen LogP contribution in [0.4, 0.5) is 4.39 Å². The summed E-state index contributed by atoms with van der Waals surface area (Å²) in [4.78, 5) is 0. The van der Waals surface area contributed by atoms with Crippen LogP contribution in [0.25, 0.3) is 0 Å². The molecule has 1 aromatic carbocycles. The smallest absolute Gasteiger partial charge is 0.163 e. The van der Waals surface area contributed by atoms with E-state index in [1.54, 1.807) is 13.2 Å². The fourth-order valence-corrected chi connectivity index (χ4v) is 2.27. The molecule has 4 heteroatoms. The lowest BCUT2D eigenvalue weighted by Gasteiger charge is -2.11. The normalized spacial score (nSPS) is 11.0. The Balaban J connectivity index is 2.35. The molecular formula is C17H28FNO2. The Hall–Kier alpha value is -1.29. The minimum absolute atomic E-state index is 0.214. The van der Waals surface area contributed by atoms with Gasteiger partial charge in [-0.1, -0.05) is 26.7 Å². The van der Waals surface area contributed by atoms with Gasteiger partial charge in [0.15, 0.2) is 11.5 Å². The Morgan fingerprint density at radius 2 is 1.62 bits per heavy atom. The third kappa shape index (κ3) is 6.34. The summed E-state index contributed by atoms with van der Waals surface area (Å²) in [6.45, 7) is 5.36. The summed E-state index contributed by atoms with van der Waals surface area (Å²) >= 11 is 0. The van der Waals surface area contributed by atoms with Crippen molar-refractivity contribution in [3.8, 4) is 11.5 Å². The van der Waals surface area contributed by atoms with E-state index >= 15 is 0 Å². The summed E-state index contributed by atoms with van der Waals surface area (Å²) in [6, 6.07) is 3.70. The number of nitrogens with one attached hydrogen (secondary N) is 1. The van der Waals surface area contributed by atoms with E-state index in [0.717, 1.165) is 25.8 Å². The largest absolute Gasteiger partial charge is 0.493 e. The molecule has 0 aliphatic heterocycles. The van der Waals surface area contributed by atoms with Gasteiger partial charge in [-0.3, -0.25) is 0 Å². The lowest BCUT2D eigenvalue weighted by atomic mass is 10.0. The second kappa shape index (κ2) is 9.61. The molecule has 120 valence electrons. The summed E-state index contributed by atoms with van der Waals surface area (Å²) in [5.41, 5.74) is 0.702. The predicted molar refractivity (Wildman–Crippen MR) is 84.8 cm³/mol. The highest BCUT2D eigenvalue weighted by molar-refractivity contribution is 5.43. The van der Waals surface area contributed by atoms with Crippen LogP contribution in [0.15, 0.2) is 12.1 Å². The van der Waals surface area contributed by atoms with Crippen LogP contribution in [0.5, 0.6) is 11.5 Å². The van der Waals surface area contributed by atoms with Crippen molar-refractivity contribution in [1.29, 1.82) is 0 Å². The highest BCUT2D eigenvalue weighted by atomic mass is 19.1. The number of methoxy groups -OCH3 is 2. The van der Waals surface area contributed by atoms with Crippen LogP contribution >= 0.6 is 0 Å². The summed E-state index contributed by atoms with van der Waals surface area (Å²) in [5.74, 6) is 0.822. The lowest BCUT2D eigenvalue weighted by molar-refractivity contribution is 0.351. The van der Waals surface area contributed by atoms with E-state index in [-0.39, 0.29) is 5.82 Å². The minimum Gasteiger partial charge on any atom is -0.493 e. The lowest BCUT2D eigenvalue weighted by Crippen LogP contribution is -2.23. The third-order valence-corrected chi connectivity index (χ3v) is 3.48. The Morgan fingerprint density at radius 3 is 2.24 bits per heavy atom. The van der Waals surface area contributed by atoms with Crippen molar-refractivity contribution in [3.63, 3.8) is 0 Å². The number of ether oxygens (including phenoxy) is 2. The zero-order valence-electron chi connectivity index (χ0n) is 13.7. The van der Waals surface area contributed by atoms with Crippen LogP contribution in [0, 0.1) is 5.82 Å². The van der Waals surface area contributed by atoms with Crippen molar-refractivity contribution < 1.29 is 13.9 Å². The number of aryl methyl sites for hydroxylation is 1. The zero-order chi connectivity index (χ0) is 15.7. The van der Waals surface area contributed by atoms with E-state index in [2.05, 4.69) is 19.2 Å². The van der Waals surface area contributed by atoms with Crippen molar-refractivity contribution in [3.05, 3.63) is 23.5 Å². The average molecular weight is 297 g/mol. The molecule has 0 aliphatic carbocycles. The van der Waals surface area contributed by atoms with Crippen LogP contribution in [0.3, 0.4) is 0 Å². The minimum atomic E-state index is -0.214. The van der Waals surface area contributed by atoms with Gasteiger partial charge < -0.3 is 14.8 Å². The number of rotatable bonds is 10. The SMILES string of the molecule is COc1cc(F)c(CCCCCCNC(C)C)cc1OC. The number of unbranched alkanes of at least 4 members (excludes halogenated alkanes) is 3. The Kier molecular flexibility index (Phi) is 8.13. The van der Waals surface area contributed by atoms with Gasteiger partial charge in [-0.05, 0) is 37.4 Å². The van der Waals surface area contributed by atoms with Gasteiger partial charge in [0.1, 0.15) is 5.82 Å². The van der Waals surface area contributed by atoms with Gasteiger partial charge >= 0.3 is 0 Å². The molecule has 0 spiro atoms. The molecule has 0 bridgehead atoms. The number of benzene rings is 1. The van der Waals surface area contributed by atoms with E-state index in [1.165, 1.54) is 26.0 Å². The Morgan fingerprint density at radius 1 is 1.00 bits per heavy atom. The summed E-state index contributed by atoms with van der Waals surface area (Å²) in [6.07, 6.45) is 5.20. The van der Waals surface area contributed by atoms with Crippen LogP contribution in [-0.4, -0.2) is 26.8 Å². The second-order valence-corrected chi connectivity index (χ2v) is 5.57. The van der Waals surface area contributed by atoms with E-state index in [0.29, 0.717) is 23.1 Å². The molecule has 0 unspecified atom stereocenters. The molecule has 0 saturated carbocycles. The number of hydrogen-bond donors (Lipinski definition) is 1. The summed E-state index contributed by atoms with van der Waals surface area (Å²) in [7, 11) is 3.09. The molecule has 1 aromatic rings. The molecule has 1 N–H and O–H groups in total. The van der Waals surface area contributed by atoms with Crippen LogP contribution in [0.2, 0.25) is 0 Å². The third-order valence-electron chi connectivity index (χ3n) is 3.48. The van der Waals surface area contributed by atoms with E-state index in [9.17, 15) is 4.39 Å². The molecule has 0 heterocycles. The molecule has 3 nitrogen and oxygen atoms in total. The van der Waals surface area contributed by atoms with Crippen molar-refractivity contribution in [2.24, 2.45) is 0 Å². The molecule has 1 rings (SSSR count). The van der Waals surface area contributed by atoms with Crippen molar-refractivity contribution in [2.75, 3.05) is 20.8 Å². The fraction of sp³-hybridized carbons (Fsp3) is 0.647. The molecular weight excluding hydrogens is 269 g/mol. The highest BCUT2D eigenvalue weighted by Crippen LogP contribution is 2.30. The van der Waals surface area contributed by atoms with E-state index in [1.807, 2.05) is 0 Å². The first kappa shape index (κ1) is 17.8. The zero-order valence-corrected chi connectivity index (χ0v) is 13.7. The molecule has 21 heavy (non-hydrogen) atoms. The van der Waals surface area contributed by atoms with Gasteiger partial charge in [0, 0.05) is 12.1 Å². The average Bonchev–Trinajstić information content (AvgIpc) is 2.46.